The Balaban J connectivity index is 1.29. The number of carboxylic acid groups (broad SMARTS) is 2. The van der Waals surface area contributed by atoms with Crippen molar-refractivity contribution in [2.75, 3.05) is 0 Å². The van der Waals surface area contributed by atoms with Gasteiger partial charge in [0.15, 0.2) is 10.9 Å². The van der Waals surface area contributed by atoms with Gasteiger partial charge in [-0.25, -0.2) is 9.59 Å². The quantitative estimate of drug-likeness (QED) is 0.343. The highest BCUT2D eigenvalue weighted by Crippen LogP contribution is 2.19. The Morgan fingerprint density at radius 2 is 1.03 bits per heavy atom. The molecule has 0 atom stereocenters. The average molecular weight is 462 g/mol. The third-order valence-electron chi connectivity index (χ3n) is 5.69. The van der Waals surface area contributed by atoms with Gasteiger partial charge in [-0.1, -0.05) is 25.0 Å². The number of aromatic carboxylic acids is 2. The molecule has 174 valence electrons. The lowest BCUT2D eigenvalue weighted by Gasteiger charge is -2.06. The van der Waals surface area contributed by atoms with Gasteiger partial charge in [0, 0.05) is 12.1 Å². The van der Waals surface area contributed by atoms with Gasteiger partial charge in [0.05, 0.1) is 10.8 Å². The molecule has 0 saturated carbocycles. The first kappa shape index (κ1) is 23.0. The third-order valence-corrected chi connectivity index (χ3v) is 5.69. The van der Waals surface area contributed by atoms with Crippen molar-refractivity contribution in [2.45, 2.75) is 38.5 Å². The van der Waals surface area contributed by atoms with E-state index in [0.29, 0.717) is 10.8 Å². The number of aryl methyl sites for hydroxylation is 2. The molecule has 0 aliphatic carbocycles. The number of benzene rings is 2. The van der Waals surface area contributed by atoms with Crippen molar-refractivity contribution in [3.8, 4) is 0 Å². The maximum Gasteiger partial charge on any atom is 0.371 e. The average Bonchev–Trinajstić information content (AvgIpc) is 2.81. The van der Waals surface area contributed by atoms with Crippen molar-refractivity contribution < 1.29 is 28.6 Å². The van der Waals surface area contributed by atoms with Gasteiger partial charge in [0.2, 0.25) is 11.5 Å². The highest BCUT2D eigenvalue weighted by Gasteiger charge is 2.12. The van der Waals surface area contributed by atoms with Crippen LogP contribution in [-0.4, -0.2) is 22.2 Å². The number of carboxylic acids is 2. The molecular weight excluding hydrogens is 440 g/mol. The topological polar surface area (TPSA) is 135 Å². The molecular formula is C26H22O8. The number of hydrogen-bond donors (Lipinski definition) is 2. The Morgan fingerprint density at radius 1 is 0.618 bits per heavy atom. The lowest BCUT2D eigenvalue weighted by atomic mass is 10.0. The zero-order valence-electron chi connectivity index (χ0n) is 18.2. The van der Waals surface area contributed by atoms with Gasteiger partial charge in [0.25, 0.3) is 0 Å². The van der Waals surface area contributed by atoms with Gasteiger partial charge in [0.1, 0.15) is 11.2 Å². The van der Waals surface area contributed by atoms with Crippen LogP contribution in [0.5, 0.6) is 0 Å². The largest absolute Gasteiger partial charge is 0.475 e. The number of rotatable bonds is 9. The molecule has 0 amide bonds. The van der Waals surface area contributed by atoms with Crippen LogP contribution in [0.25, 0.3) is 21.9 Å². The maximum atomic E-state index is 12.2. The van der Waals surface area contributed by atoms with E-state index >= 15 is 0 Å². The summed E-state index contributed by atoms with van der Waals surface area (Å²) >= 11 is 0. The molecule has 2 N–H and O–H groups in total. The van der Waals surface area contributed by atoms with Crippen LogP contribution in [0.2, 0.25) is 0 Å². The minimum Gasteiger partial charge on any atom is -0.475 e. The molecule has 0 fully saturated rings. The van der Waals surface area contributed by atoms with Crippen molar-refractivity contribution >= 4 is 33.9 Å². The molecule has 2 aromatic heterocycles. The Hall–Kier alpha value is -4.20. The predicted molar refractivity (Wildman–Crippen MR) is 125 cm³/mol. The summed E-state index contributed by atoms with van der Waals surface area (Å²) in [7, 11) is 0. The van der Waals surface area contributed by atoms with Crippen LogP contribution in [-0.2, 0) is 12.8 Å². The number of unbranched alkanes of at least 4 members (excludes halogenated alkanes) is 3. The molecule has 4 rings (SSSR count). The van der Waals surface area contributed by atoms with E-state index in [1.54, 1.807) is 24.3 Å². The second-order valence-electron chi connectivity index (χ2n) is 8.14. The summed E-state index contributed by atoms with van der Waals surface area (Å²) in [6.45, 7) is 0. The first-order valence-electron chi connectivity index (χ1n) is 10.9. The molecule has 0 spiro atoms. The zero-order valence-corrected chi connectivity index (χ0v) is 18.2. The van der Waals surface area contributed by atoms with Crippen LogP contribution in [0.1, 0.15) is 57.9 Å². The first-order chi connectivity index (χ1) is 16.3. The van der Waals surface area contributed by atoms with E-state index in [9.17, 15) is 19.2 Å². The fraction of sp³-hybridized carbons (Fsp3) is 0.231. The third kappa shape index (κ3) is 5.06. The van der Waals surface area contributed by atoms with Gasteiger partial charge in [-0.05, 0) is 61.1 Å². The van der Waals surface area contributed by atoms with Crippen LogP contribution in [0.4, 0.5) is 0 Å². The predicted octanol–water partition coefficient (Wildman–Crippen LogP) is 4.64. The standard InChI is InChI=1S/C26H22O8/c27-19-13-23(25(29)30)33-21-9-7-15(11-17(19)21)5-3-1-2-4-6-16-8-10-22-18(12-16)20(28)14-24(34-22)26(31)32/h7-14H,1-6H2,(H,29,30)(H,31,32). The van der Waals surface area contributed by atoms with Crippen LogP contribution in [0.3, 0.4) is 0 Å². The Labute approximate surface area is 193 Å². The lowest BCUT2D eigenvalue weighted by molar-refractivity contribution is 0.0653. The zero-order chi connectivity index (χ0) is 24.2. The summed E-state index contributed by atoms with van der Waals surface area (Å²) < 4.78 is 10.5. The molecule has 0 radical (unpaired) electrons. The van der Waals surface area contributed by atoms with Gasteiger partial charge in [-0.2, -0.15) is 0 Å². The minimum absolute atomic E-state index is 0.261. The number of hydrogen-bond acceptors (Lipinski definition) is 6. The first-order valence-corrected chi connectivity index (χ1v) is 10.9. The van der Waals surface area contributed by atoms with E-state index in [0.717, 1.165) is 61.8 Å². The van der Waals surface area contributed by atoms with Crippen molar-refractivity contribution in [2.24, 2.45) is 0 Å². The molecule has 4 aromatic rings. The lowest BCUT2D eigenvalue weighted by Crippen LogP contribution is -2.06. The normalized spacial score (nSPS) is 11.2. The van der Waals surface area contributed by atoms with E-state index in [1.807, 2.05) is 12.1 Å². The molecule has 0 saturated heterocycles. The summed E-state index contributed by atoms with van der Waals surface area (Å²) in [6, 6.07) is 12.4. The number of fused-ring (bicyclic) bond motifs is 2. The van der Waals surface area contributed by atoms with Crippen molar-refractivity contribution in [3.05, 3.63) is 91.6 Å². The minimum atomic E-state index is -1.28. The summed E-state index contributed by atoms with van der Waals surface area (Å²) in [5, 5.41) is 18.7. The van der Waals surface area contributed by atoms with E-state index in [1.165, 1.54) is 0 Å². The highest BCUT2D eigenvalue weighted by molar-refractivity contribution is 5.88. The molecule has 2 aromatic carbocycles. The summed E-state index contributed by atoms with van der Waals surface area (Å²) in [5.74, 6) is -3.30. The van der Waals surface area contributed by atoms with E-state index in [2.05, 4.69) is 0 Å². The molecule has 2 heterocycles. The monoisotopic (exact) mass is 462 g/mol. The van der Waals surface area contributed by atoms with Gasteiger partial charge in [-0.15, -0.1) is 0 Å². The SMILES string of the molecule is O=C(O)c1cc(=O)c2cc(CCCCCCc3ccc4oc(C(=O)O)cc(=O)c4c3)ccc2o1. The fourth-order valence-electron chi connectivity index (χ4n) is 3.94. The van der Waals surface area contributed by atoms with Gasteiger partial charge in [-0.3, -0.25) is 9.59 Å². The van der Waals surface area contributed by atoms with Crippen molar-refractivity contribution in [3.63, 3.8) is 0 Å². The van der Waals surface area contributed by atoms with Crippen LogP contribution in [0, 0.1) is 0 Å². The second-order valence-corrected chi connectivity index (χ2v) is 8.14. The maximum absolute atomic E-state index is 12.2. The molecule has 8 heteroatoms. The van der Waals surface area contributed by atoms with Crippen LogP contribution < -0.4 is 10.9 Å². The highest BCUT2D eigenvalue weighted by atomic mass is 16.4. The summed E-state index contributed by atoms with van der Waals surface area (Å²) in [4.78, 5) is 46.4. The van der Waals surface area contributed by atoms with Crippen LogP contribution in [0.15, 0.2) is 67.0 Å². The molecule has 0 bridgehead atoms. The molecule has 0 aliphatic rings. The molecule has 0 unspecified atom stereocenters. The molecule has 0 aliphatic heterocycles. The second kappa shape index (κ2) is 9.74. The fourth-order valence-corrected chi connectivity index (χ4v) is 3.94. The smallest absolute Gasteiger partial charge is 0.371 e. The van der Waals surface area contributed by atoms with Crippen molar-refractivity contribution in [1.29, 1.82) is 0 Å². The summed E-state index contributed by atoms with van der Waals surface area (Å²) in [5.41, 5.74) is 1.76. The van der Waals surface area contributed by atoms with Crippen molar-refractivity contribution in [1.82, 2.24) is 0 Å². The Kier molecular flexibility index (Phi) is 6.58. The van der Waals surface area contributed by atoms with E-state index < -0.39 is 11.9 Å². The van der Waals surface area contributed by atoms with Crippen LogP contribution >= 0.6 is 0 Å². The van der Waals surface area contributed by atoms with Gasteiger partial charge < -0.3 is 19.0 Å². The summed E-state index contributed by atoms with van der Waals surface area (Å²) in [6.07, 6.45) is 5.43. The Bertz CT molecular complexity index is 1390. The van der Waals surface area contributed by atoms with E-state index in [-0.39, 0.29) is 33.5 Å². The molecule has 34 heavy (non-hydrogen) atoms. The number of carbonyl (C=O) groups is 2. The van der Waals surface area contributed by atoms with Gasteiger partial charge >= 0.3 is 11.9 Å². The van der Waals surface area contributed by atoms with E-state index in [4.69, 9.17) is 19.0 Å². The Morgan fingerprint density at radius 3 is 1.41 bits per heavy atom. The molecule has 8 nitrogen and oxygen atoms in total.